The number of hydrogen-bond donors (Lipinski definition) is 4. The summed E-state index contributed by atoms with van der Waals surface area (Å²) in [5.74, 6) is -6.68. The van der Waals surface area contributed by atoms with Crippen LogP contribution >= 0.6 is 0 Å². The molecule has 1 heterocycles. The number of nitrogens with two attached hydrogens (primary N) is 1. The zero-order valence-corrected chi connectivity index (χ0v) is 15.1. The lowest BCUT2D eigenvalue weighted by Gasteiger charge is -2.08. The van der Waals surface area contributed by atoms with E-state index in [0.29, 0.717) is 0 Å². The van der Waals surface area contributed by atoms with Crippen LogP contribution in [-0.2, 0) is 29.5 Å². The SMILES string of the molecule is Cc1ccc(S(=O)(=O)O)cc1.NC12C(C(=O)O)C1C(C(=O)O)CS2(=O)=O. The van der Waals surface area contributed by atoms with E-state index in [1.165, 1.54) is 12.1 Å². The van der Waals surface area contributed by atoms with Crippen LogP contribution in [0.4, 0.5) is 0 Å². The molecule has 0 aromatic heterocycles. The number of aliphatic carboxylic acids is 2. The number of carboxylic acid groups (broad SMARTS) is 2. The molecule has 1 saturated heterocycles. The molecule has 1 aromatic rings. The van der Waals surface area contributed by atoms with Gasteiger partial charge in [0, 0.05) is 5.92 Å². The molecule has 5 N–H and O–H groups in total. The number of benzene rings is 1. The Hall–Kier alpha value is -2.02. The zero-order valence-electron chi connectivity index (χ0n) is 13.4. The average molecular weight is 407 g/mol. The zero-order chi connectivity index (χ0) is 20.1. The second-order valence-corrected chi connectivity index (χ2v) is 9.90. The Balaban J connectivity index is 0.000000197. The number of sulfone groups is 1. The van der Waals surface area contributed by atoms with Gasteiger partial charge < -0.3 is 15.9 Å². The Kier molecular flexibility index (Phi) is 4.92. The van der Waals surface area contributed by atoms with E-state index < -0.39 is 60.3 Å². The van der Waals surface area contributed by atoms with Gasteiger partial charge in [-0.2, -0.15) is 8.42 Å². The van der Waals surface area contributed by atoms with Crippen LogP contribution in [-0.4, -0.2) is 54.2 Å². The van der Waals surface area contributed by atoms with E-state index in [0.717, 1.165) is 5.56 Å². The normalized spacial score (nSPS) is 31.3. The number of rotatable bonds is 3. The summed E-state index contributed by atoms with van der Waals surface area (Å²) in [4.78, 5) is 19.5. The third-order valence-corrected chi connectivity index (χ3v) is 7.80. The molecule has 10 nitrogen and oxygen atoms in total. The third kappa shape index (κ3) is 3.32. The van der Waals surface area contributed by atoms with Gasteiger partial charge >= 0.3 is 11.9 Å². The molecule has 0 bridgehead atoms. The first kappa shape index (κ1) is 20.3. The fraction of sp³-hybridized carbons (Fsp3) is 0.429. The third-order valence-electron chi connectivity index (χ3n) is 4.53. The van der Waals surface area contributed by atoms with Crippen LogP contribution in [0.25, 0.3) is 0 Å². The predicted molar refractivity (Wildman–Crippen MR) is 87.4 cm³/mol. The smallest absolute Gasteiger partial charge is 0.309 e. The first-order chi connectivity index (χ1) is 11.7. The lowest BCUT2D eigenvalue weighted by Crippen LogP contribution is -2.37. The molecule has 144 valence electrons. The molecule has 4 atom stereocenters. The number of fused-ring (bicyclic) bond motifs is 1. The molecule has 2 fully saturated rings. The van der Waals surface area contributed by atoms with Crippen molar-refractivity contribution in [3.8, 4) is 0 Å². The standard InChI is InChI=1S/C7H9NO6S.C7H8O3S/c8-7-3(4(7)6(11)12)2(5(9)10)1-15(7,13)14;1-6-2-4-7(5-3-6)11(8,9)10/h2-4H,1,8H2,(H,9,10)(H,11,12);2-5H,1H3,(H,8,9,10). The summed E-state index contributed by atoms with van der Waals surface area (Å²) in [6.07, 6.45) is 0. The summed E-state index contributed by atoms with van der Waals surface area (Å²) in [7, 11) is -7.84. The van der Waals surface area contributed by atoms with Crippen molar-refractivity contribution in [3.63, 3.8) is 0 Å². The Morgan fingerprint density at radius 3 is 2.00 bits per heavy atom. The fourth-order valence-electron chi connectivity index (χ4n) is 3.12. The van der Waals surface area contributed by atoms with Gasteiger partial charge in [-0.1, -0.05) is 17.7 Å². The van der Waals surface area contributed by atoms with Crippen molar-refractivity contribution in [3.05, 3.63) is 29.8 Å². The van der Waals surface area contributed by atoms with Crippen molar-refractivity contribution < 1.29 is 41.2 Å². The van der Waals surface area contributed by atoms with E-state index in [4.69, 9.17) is 20.5 Å². The van der Waals surface area contributed by atoms with E-state index in [1.807, 2.05) is 6.92 Å². The maximum Gasteiger partial charge on any atom is 0.309 e. The molecule has 1 aromatic carbocycles. The van der Waals surface area contributed by atoms with Gasteiger partial charge in [-0.05, 0) is 19.1 Å². The van der Waals surface area contributed by atoms with Gasteiger partial charge in [0.2, 0.25) is 0 Å². The van der Waals surface area contributed by atoms with E-state index >= 15 is 0 Å². The first-order valence-corrected chi connectivity index (χ1v) is 10.3. The van der Waals surface area contributed by atoms with Crippen molar-refractivity contribution in [1.82, 2.24) is 0 Å². The second-order valence-electron chi connectivity index (χ2n) is 6.21. The Morgan fingerprint density at radius 2 is 1.65 bits per heavy atom. The Bertz CT molecular complexity index is 937. The maximum absolute atomic E-state index is 11.5. The molecular formula is C14H17NO9S2. The van der Waals surface area contributed by atoms with Gasteiger partial charge in [-0.25, -0.2) is 8.42 Å². The molecule has 0 spiro atoms. The Labute approximate surface area is 149 Å². The number of carbonyl (C=O) groups is 2. The summed E-state index contributed by atoms with van der Waals surface area (Å²) in [6, 6.07) is 5.99. The van der Waals surface area contributed by atoms with Crippen molar-refractivity contribution in [2.45, 2.75) is 16.7 Å². The van der Waals surface area contributed by atoms with Gasteiger partial charge in [0.25, 0.3) is 10.1 Å². The molecule has 1 saturated carbocycles. The van der Waals surface area contributed by atoms with Gasteiger partial charge in [-0.3, -0.25) is 14.1 Å². The molecular weight excluding hydrogens is 390 g/mol. The monoisotopic (exact) mass is 407 g/mol. The molecule has 26 heavy (non-hydrogen) atoms. The van der Waals surface area contributed by atoms with Crippen LogP contribution in [0.5, 0.6) is 0 Å². The lowest BCUT2D eigenvalue weighted by molar-refractivity contribution is -0.142. The largest absolute Gasteiger partial charge is 0.481 e. The maximum atomic E-state index is 11.5. The van der Waals surface area contributed by atoms with E-state index in [-0.39, 0.29) is 4.90 Å². The van der Waals surface area contributed by atoms with Crippen LogP contribution in [0.2, 0.25) is 0 Å². The topological polar surface area (TPSA) is 189 Å². The highest BCUT2D eigenvalue weighted by atomic mass is 32.2. The van der Waals surface area contributed by atoms with Crippen LogP contribution in [0.1, 0.15) is 5.56 Å². The quantitative estimate of drug-likeness (QED) is 0.468. The summed E-state index contributed by atoms with van der Waals surface area (Å²) < 4.78 is 52.6. The second kappa shape index (κ2) is 6.30. The number of hydrogen-bond acceptors (Lipinski definition) is 7. The minimum atomic E-state index is -4.02. The predicted octanol–water partition coefficient (Wildman–Crippen LogP) is -0.657. The van der Waals surface area contributed by atoms with Crippen molar-refractivity contribution >= 4 is 31.9 Å². The molecule has 12 heteroatoms. The molecule has 1 aliphatic carbocycles. The molecule has 0 radical (unpaired) electrons. The molecule has 0 amide bonds. The van der Waals surface area contributed by atoms with E-state index in [2.05, 4.69) is 0 Å². The van der Waals surface area contributed by atoms with E-state index in [1.54, 1.807) is 12.1 Å². The van der Waals surface area contributed by atoms with Gasteiger partial charge in [-0.15, -0.1) is 0 Å². The van der Waals surface area contributed by atoms with Crippen LogP contribution in [0.3, 0.4) is 0 Å². The number of carboxylic acids is 2. The van der Waals surface area contributed by atoms with Gasteiger partial charge in [0.15, 0.2) is 9.84 Å². The van der Waals surface area contributed by atoms with Crippen LogP contribution in [0, 0.1) is 24.7 Å². The summed E-state index contributed by atoms with van der Waals surface area (Å²) in [5.41, 5.74) is 6.43. The minimum absolute atomic E-state index is 0.0666. The van der Waals surface area contributed by atoms with Crippen molar-refractivity contribution in [1.29, 1.82) is 0 Å². The highest BCUT2D eigenvalue weighted by Crippen LogP contribution is 2.62. The van der Waals surface area contributed by atoms with Crippen LogP contribution < -0.4 is 5.73 Å². The summed E-state index contributed by atoms with van der Waals surface area (Å²) in [6.45, 7) is 1.84. The Morgan fingerprint density at radius 1 is 1.15 bits per heavy atom. The van der Waals surface area contributed by atoms with Gasteiger partial charge in [0.1, 0.15) is 4.87 Å². The summed E-state index contributed by atoms with van der Waals surface area (Å²) >= 11 is 0. The highest BCUT2D eigenvalue weighted by molar-refractivity contribution is 7.93. The van der Waals surface area contributed by atoms with Crippen molar-refractivity contribution in [2.75, 3.05) is 5.75 Å². The van der Waals surface area contributed by atoms with Crippen LogP contribution in [0.15, 0.2) is 29.2 Å². The lowest BCUT2D eigenvalue weighted by atomic mass is 10.1. The molecule has 1 aliphatic heterocycles. The fourth-order valence-corrected chi connectivity index (χ4v) is 6.00. The summed E-state index contributed by atoms with van der Waals surface area (Å²) in [5, 5.41) is 17.5. The highest BCUT2D eigenvalue weighted by Gasteiger charge is 2.81. The number of aryl methyl sites for hydroxylation is 1. The molecule has 3 rings (SSSR count). The first-order valence-electron chi connectivity index (χ1n) is 7.24. The minimum Gasteiger partial charge on any atom is -0.481 e. The molecule has 2 aliphatic rings. The van der Waals surface area contributed by atoms with Crippen molar-refractivity contribution in [2.24, 2.45) is 23.5 Å². The van der Waals surface area contributed by atoms with Gasteiger partial charge in [0.05, 0.1) is 22.5 Å². The van der Waals surface area contributed by atoms with E-state index in [9.17, 15) is 26.4 Å². The molecule has 4 unspecified atom stereocenters. The average Bonchev–Trinajstić information content (AvgIpc) is 3.06.